The van der Waals surface area contributed by atoms with Crippen LogP contribution in [0.5, 0.6) is 11.5 Å². The molecule has 0 atom stereocenters. The quantitative estimate of drug-likeness (QED) is 0.809. The van der Waals surface area contributed by atoms with E-state index in [9.17, 15) is 0 Å². The monoisotopic (exact) mass is 389 g/mol. The predicted molar refractivity (Wildman–Crippen MR) is 107 cm³/mol. The summed E-state index contributed by atoms with van der Waals surface area (Å²) in [5.41, 5.74) is 2.16. The third kappa shape index (κ3) is 4.03. The average Bonchev–Trinajstić information content (AvgIpc) is 3.10. The summed E-state index contributed by atoms with van der Waals surface area (Å²) in [5, 5.41) is 4.83. The van der Waals surface area contributed by atoms with Crippen LogP contribution in [-0.4, -0.2) is 47.9 Å². The molecule has 2 aromatic rings. The summed E-state index contributed by atoms with van der Waals surface area (Å²) in [5.74, 6) is 1.53. The zero-order chi connectivity index (χ0) is 17.9. The van der Waals surface area contributed by atoms with E-state index in [1.165, 1.54) is 5.56 Å². The van der Waals surface area contributed by atoms with E-state index >= 15 is 0 Å². The van der Waals surface area contributed by atoms with Gasteiger partial charge in [-0.2, -0.15) is 0 Å². The molecular weight excluding hydrogens is 370 g/mol. The van der Waals surface area contributed by atoms with Crippen molar-refractivity contribution in [3.8, 4) is 11.5 Å². The Kier molecular flexibility index (Phi) is 5.15. The van der Waals surface area contributed by atoms with Gasteiger partial charge in [-0.25, -0.2) is 0 Å². The molecule has 1 fully saturated rings. The summed E-state index contributed by atoms with van der Waals surface area (Å²) in [6, 6.07) is 13.8. The molecule has 136 valence electrons. The third-order valence-electron chi connectivity index (χ3n) is 4.58. The maximum absolute atomic E-state index is 6.07. The van der Waals surface area contributed by atoms with Crippen LogP contribution in [0.25, 0.3) is 0 Å². The molecule has 2 aromatic carbocycles. The van der Waals surface area contributed by atoms with Crippen molar-refractivity contribution in [2.45, 2.75) is 6.54 Å². The second-order valence-electron chi connectivity index (χ2n) is 6.39. The summed E-state index contributed by atoms with van der Waals surface area (Å²) in [6.45, 7) is 4.92. The van der Waals surface area contributed by atoms with Crippen LogP contribution in [0.2, 0.25) is 5.02 Å². The van der Waals surface area contributed by atoms with Crippen molar-refractivity contribution in [1.82, 2.24) is 9.80 Å². The Bertz CT molecular complexity index is 809. The molecule has 2 heterocycles. The van der Waals surface area contributed by atoms with Crippen molar-refractivity contribution in [1.29, 1.82) is 0 Å². The van der Waals surface area contributed by atoms with Gasteiger partial charge in [0.15, 0.2) is 16.6 Å². The highest BCUT2D eigenvalue weighted by Gasteiger charge is 2.20. The molecule has 0 aromatic heterocycles. The minimum atomic E-state index is 0.276. The van der Waals surface area contributed by atoms with Gasteiger partial charge in [0, 0.05) is 49.5 Å². The summed E-state index contributed by atoms with van der Waals surface area (Å²) in [7, 11) is 0. The first-order valence-corrected chi connectivity index (χ1v) is 9.38. The zero-order valence-corrected chi connectivity index (χ0v) is 15.9. The molecule has 2 aliphatic rings. The van der Waals surface area contributed by atoms with Gasteiger partial charge >= 0.3 is 0 Å². The van der Waals surface area contributed by atoms with Gasteiger partial charge in [0.1, 0.15) is 0 Å². The highest BCUT2D eigenvalue weighted by Crippen LogP contribution is 2.34. The van der Waals surface area contributed by atoms with Crippen molar-refractivity contribution in [3.63, 3.8) is 0 Å². The van der Waals surface area contributed by atoms with Gasteiger partial charge in [-0.15, -0.1) is 0 Å². The molecule has 0 amide bonds. The lowest BCUT2D eigenvalue weighted by molar-refractivity contribution is 0.174. The molecule has 0 radical (unpaired) electrons. The standard InChI is InChI=1S/C19H20ClN3O2S/c20-15-3-1-2-14(10-15)12-22-6-8-23(9-7-22)19(26)21-16-4-5-17-18(11-16)25-13-24-17/h1-5,10-11H,6-9,12-13H2,(H,21,26). The summed E-state index contributed by atoms with van der Waals surface area (Å²) < 4.78 is 10.7. The first-order chi connectivity index (χ1) is 12.7. The molecule has 1 N–H and O–H groups in total. The van der Waals surface area contributed by atoms with E-state index in [1.807, 2.05) is 36.4 Å². The summed E-state index contributed by atoms with van der Waals surface area (Å²) in [4.78, 5) is 4.62. The fourth-order valence-corrected chi connectivity index (χ4v) is 3.69. The van der Waals surface area contributed by atoms with Crippen molar-refractivity contribution in [3.05, 3.63) is 53.1 Å². The third-order valence-corrected chi connectivity index (χ3v) is 5.17. The molecular formula is C19H20ClN3O2S. The van der Waals surface area contributed by atoms with Crippen LogP contribution >= 0.6 is 23.8 Å². The van der Waals surface area contributed by atoms with Crippen molar-refractivity contribution in [2.24, 2.45) is 0 Å². The number of thiocarbonyl (C=S) groups is 1. The van der Waals surface area contributed by atoms with Crippen molar-refractivity contribution in [2.75, 3.05) is 38.3 Å². The Labute approximate surface area is 163 Å². The van der Waals surface area contributed by atoms with E-state index in [4.69, 9.17) is 33.3 Å². The number of nitrogens with zero attached hydrogens (tertiary/aromatic N) is 2. The normalized spacial score (nSPS) is 16.6. The number of anilines is 1. The molecule has 2 aliphatic heterocycles. The van der Waals surface area contributed by atoms with Crippen LogP contribution in [0.3, 0.4) is 0 Å². The van der Waals surface area contributed by atoms with Crippen LogP contribution in [-0.2, 0) is 6.54 Å². The highest BCUT2D eigenvalue weighted by atomic mass is 35.5. The number of piperazine rings is 1. The maximum atomic E-state index is 6.07. The van der Waals surface area contributed by atoms with Gasteiger partial charge in [0.25, 0.3) is 0 Å². The lowest BCUT2D eigenvalue weighted by Gasteiger charge is -2.36. The van der Waals surface area contributed by atoms with Crippen molar-refractivity contribution < 1.29 is 9.47 Å². The van der Waals surface area contributed by atoms with E-state index in [0.29, 0.717) is 0 Å². The van der Waals surface area contributed by atoms with Crippen LogP contribution < -0.4 is 14.8 Å². The van der Waals surface area contributed by atoms with Crippen LogP contribution in [0.4, 0.5) is 5.69 Å². The fraction of sp³-hybridized carbons (Fsp3) is 0.316. The highest BCUT2D eigenvalue weighted by molar-refractivity contribution is 7.80. The van der Waals surface area contributed by atoms with Gasteiger partial charge in [0.05, 0.1) is 0 Å². The van der Waals surface area contributed by atoms with E-state index < -0.39 is 0 Å². The van der Waals surface area contributed by atoms with E-state index in [2.05, 4.69) is 21.2 Å². The number of benzene rings is 2. The minimum absolute atomic E-state index is 0.276. The molecule has 0 saturated carbocycles. The summed E-state index contributed by atoms with van der Waals surface area (Å²) >= 11 is 11.6. The number of nitrogens with one attached hydrogen (secondary N) is 1. The Hall–Kier alpha value is -2.02. The van der Waals surface area contributed by atoms with Crippen LogP contribution in [0.15, 0.2) is 42.5 Å². The number of ether oxygens (including phenoxy) is 2. The molecule has 26 heavy (non-hydrogen) atoms. The molecule has 0 bridgehead atoms. The topological polar surface area (TPSA) is 37.0 Å². The second kappa shape index (κ2) is 7.70. The molecule has 5 nitrogen and oxygen atoms in total. The second-order valence-corrected chi connectivity index (χ2v) is 7.21. The average molecular weight is 390 g/mol. The molecule has 0 spiro atoms. The fourth-order valence-electron chi connectivity index (χ4n) is 3.18. The molecule has 0 unspecified atom stereocenters. The van der Waals surface area contributed by atoms with Crippen LogP contribution in [0.1, 0.15) is 5.56 Å². The van der Waals surface area contributed by atoms with Gasteiger partial charge in [0.2, 0.25) is 6.79 Å². The molecule has 4 rings (SSSR count). The van der Waals surface area contributed by atoms with Crippen molar-refractivity contribution >= 4 is 34.6 Å². The van der Waals surface area contributed by atoms with Crippen LogP contribution in [0, 0.1) is 0 Å². The number of fused-ring (bicyclic) bond motifs is 1. The molecule has 7 heteroatoms. The lowest BCUT2D eigenvalue weighted by Crippen LogP contribution is -2.49. The Morgan fingerprint density at radius 2 is 1.85 bits per heavy atom. The Morgan fingerprint density at radius 3 is 2.65 bits per heavy atom. The first-order valence-electron chi connectivity index (χ1n) is 8.60. The predicted octanol–water partition coefficient (Wildman–Crippen LogP) is 3.58. The van der Waals surface area contributed by atoms with Gasteiger partial charge in [-0.05, 0) is 42.0 Å². The summed E-state index contributed by atoms with van der Waals surface area (Å²) in [6.07, 6.45) is 0. The van der Waals surface area contributed by atoms with E-state index in [0.717, 1.165) is 60.0 Å². The minimum Gasteiger partial charge on any atom is -0.454 e. The maximum Gasteiger partial charge on any atom is 0.231 e. The van der Waals surface area contributed by atoms with E-state index in [1.54, 1.807) is 0 Å². The molecule has 1 saturated heterocycles. The number of hydrogen-bond donors (Lipinski definition) is 1. The van der Waals surface area contributed by atoms with Gasteiger partial charge < -0.3 is 19.7 Å². The Balaban J connectivity index is 1.29. The number of halogens is 1. The molecule has 0 aliphatic carbocycles. The zero-order valence-electron chi connectivity index (χ0n) is 14.3. The lowest BCUT2D eigenvalue weighted by atomic mass is 10.2. The first kappa shape index (κ1) is 17.4. The van der Waals surface area contributed by atoms with Gasteiger partial charge in [-0.3, -0.25) is 4.90 Å². The largest absolute Gasteiger partial charge is 0.454 e. The SMILES string of the molecule is S=C(Nc1ccc2c(c1)OCO2)N1CCN(Cc2cccc(Cl)c2)CC1. The Morgan fingerprint density at radius 1 is 1.04 bits per heavy atom. The van der Waals surface area contributed by atoms with E-state index in [-0.39, 0.29) is 6.79 Å². The number of rotatable bonds is 3. The smallest absolute Gasteiger partial charge is 0.231 e. The van der Waals surface area contributed by atoms with Gasteiger partial charge in [-0.1, -0.05) is 23.7 Å². The number of hydrogen-bond acceptors (Lipinski definition) is 4.